The predicted octanol–water partition coefficient (Wildman–Crippen LogP) is 0.502. The van der Waals surface area contributed by atoms with Crippen molar-refractivity contribution in [1.29, 1.82) is 0 Å². The summed E-state index contributed by atoms with van der Waals surface area (Å²) in [6.45, 7) is 1.59. The minimum Gasteiger partial charge on any atom is -0.508 e. The van der Waals surface area contributed by atoms with Crippen LogP contribution in [0.25, 0.3) is 10.9 Å². The number of carbonyl (C=O) groups excluding carboxylic acids is 7. The number of likely N-dealkylation sites (N-methyl/N-ethyl adjacent to an activating group) is 1. The summed E-state index contributed by atoms with van der Waals surface area (Å²) in [6, 6.07) is 14.2. The maximum atomic E-state index is 14.7. The molecule has 12 N–H and O–H groups in total. The van der Waals surface area contributed by atoms with E-state index in [1.807, 2.05) is 54.6 Å². The van der Waals surface area contributed by atoms with Gasteiger partial charge in [0.15, 0.2) is 0 Å². The molecule has 1 aliphatic heterocycles. The summed E-state index contributed by atoms with van der Waals surface area (Å²) < 4.78 is 0. The van der Waals surface area contributed by atoms with Crippen LogP contribution in [0, 0.1) is 0 Å². The standard InChI is InChI=1S/C46H59N9O9S2/c1-27(57)40-46(64)50-31(24-56)25-65-66-26-39(54-42(60)36(48-2)20-28-10-4-3-5-11-28)45(63)52-37(21-29-15-17-32(58)18-16-29)43(61)53-38(22-30-23-49-34-13-7-6-12-33(30)34)44(62)51-35(41(59)55-40)14-8-9-19-47/h3-7,10-13,15-18,23-24,27,31,35-40,48-49,57-58H,8-9,14,19-22,25-26,47H2,1-2H3,(H,50,64)(H,51,62)(H,52,63)(H,53,61)(H,54,60)(H,55,59)/t27?,31-,35+,36-,37+,38-,39+,40?/m1/s1. The summed E-state index contributed by atoms with van der Waals surface area (Å²) >= 11 is 0. The number of phenolic OH excluding ortho intramolecular Hbond substituents is 1. The highest BCUT2D eigenvalue weighted by atomic mass is 33.1. The summed E-state index contributed by atoms with van der Waals surface area (Å²) in [4.78, 5) is 100. The average Bonchev–Trinajstić information content (AvgIpc) is 3.72. The third-order valence-electron chi connectivity index (χ3n) is 11.0. The number of fused-ring (bicyclic) bond motifs is 1. The molecule has 1 fully saturated rings. The summed E-state index contributed by atoms with van der Waals surface area (Å²) in [6.07, 6.45) is 1.89. The molecule has 66 heavy (non-hydrogen) atoms. The molecule has 2 unspecified atom stereocenters. The van der Waals surface area contributed by atoms with Crippen LogP contribution in [-0.2, 0) is 52.8 Å². The van der Waals surface area contributed by atoms with E-state index in [0.717, 1.165) is 38.1 Å². The number of hydrogen-bond acceptors (Lipinski definition) is 13. The number of aliphatic hydroxyl groups is 1. The molecule has 5 rings (SSSR count). The first kappa shape index (κ1) is 51.1. The largest absolute Gasteiger partial charge is 0.508 e. The molecule has 3 aromatic carbocycles. The van der Waals surface area contributed by atoms with Crippen LogP contribution in [0.5, 0.6) is 5.75 Å². The number of rotatable bonds is 15. The van der Waals surface area contributed by atoms with Crippen molar-refractivity contribution < 1.29 is 43.8 Å². The Balaban J connectivity index is 1.54. The molecule has 0 spiro atoms. The Morgan fingerprint density at radius 2 is 1.41 bits per heavy atom. The zero-order valence-corrected chi connectivity index (χ0v) is 38.4. The Kier molecular flexibility index (Phi) is 19.9. The molecule has 0 aliphatic carbocycles. The van der Waals surface area contributed by atoms with E-state index in [4.69, 9.17) is 5.73 Å². The van der Waals surface area contributed by atoms with Crippen LogP contribution in [0.1, 0.15) is 42.9 Å². The third-order valence-corrected chi connectivity index (χ3v) is 13.5. The number of phenols is 1. The number of aromatic amines is 1. The van der Waals surface area contributed by atoms with Crippen molar-refractivity contribution in [2.45, 2.75) is 93.8 Å². The van der Waals surface area contributed by atoms with E-state index in [-0.39, 0.29) is 36.5 Å². The predicted molar refractivity (Wildman–Crippen MR) is 254 cm³/mol. The first-order valence-corrected chi connectivity index (χ1v) is 24.2. The SMILES string of the molecule is CN[C@H](Cc1ccccc1)C(=O)N[C@H]1CSSC[C@@H](C=O)NC(=O)C(C(C)O)NC(=O)[C@H](CCCCN)NC(=O)[C@@H](Cc2c[nH]c3ccccc23)NC(=O)[C@H](Cc2ccc(O)cc2)NC1=O. The molecule has 354 valence electrons. The quantitative estimate of drug-likeness (QED) is 0.0441. The molecule has 4 aromatic rings. The number of unbranched alkanes of at least 4 members (excludes halogenated alkanes) is 1. The molecule has 0 radical (unpaired) electrons. The highest BCUT2D eigenvalue weighted by Gasteiger charge is 2.35. The molecule has 20 heteroatoms. The molecule has 1 aliphatic rings. The van der Waals surface area contributed by atoms with Gasteiger partial charge in [0.05, 0.1) is 18.2 Å². The highest BCUT2D eigenvalue weighted by molar-refractivity contribution is 8.76. The number of hydrogen-bond donors (Lipinski definition) is 11. The van der Waals surface area contributed by atoms with Crippen LogP contribution >= 0.6 is 21.6 Å². The summed E-state index contributed by atoms with van der Waals surface area (Å²) in [5.74, 6) is -4.48. The number of aromatic hydroxyl groups is 1. The Morgan fingerprint density at radius 3 is 2.09 bits per heavy atom. The van der Waals surface area contributed by atoms with Crippen molar-refractivity contribution in [3.8, 4) is 5.75 Å². The fourth-order valence-electron chi connectivity index (χ4n) is 7.30. The van der Waals surface area contributed by atoms with Gasteiger partial charge in [0, 0.05) is 41.4 Å². The lowest BCUT2D eigenvalue weighted by Crippen LogP contribution is -2.61. The highest BCUT2D eigenvalue weighted by Crippen LogP contribution is 2.24. The van der Waals surface area contributed by atoms with Crippen molar-refractivity contribution in [1.82, 2.24) is 42.2 Å². The van der Waals surface area contributed by atoms with Crippen molar-refractivity contribution >= 4 is 74.2 Å². The Bertz CT molecular complexity index is 2260. The third kappa shape index (κ3) is 15.1. The van der Waals surface area contributed by atoms with Crippen LogP contribution in [0.15, 0.2) is 85.1 Å². The van der Waals surface area contributed by atoms with E-state index >= 15 is 0 Å². The molecule has 1 aromatic heterocycles. The maximum Gasteiger partial charge on any atom is 0.245 e. The van der Waals surface area contributed by atoms with Crippen LogP contribution < -0.4 is 43.0 Å². The summed E-state index contributed by atoms with van der Waals surface area (Å²) in [7, 11) is 3.88. The van der Waals surface area contributed by atoms with E-state index in [1.54, 1.807) is 25.4 Å². The van der Waals surface area contributed by atoms with Crippen molar-refractivity contribution in [3.63, 3.8) is 0 Å². The van der Waals surface area contributed by atoms with Crippen molar-refractivity contribution in [2.24, 2.45) is 5.73 Å². The Labute approximate surface area is 390 Å². The second kappa shape index (κ2) is 25.7. The second-order valence-corrected chi connectivity index (χ2v) is 18.6. The van der Waals surface area contributed by atoms with E-state index in [2.05, 4.69) is 42.2 Å². The van der Waals surface area contributed by atoms with E-state index in [9.17, 15) is 43.8 Å². The number of nitrogens with one attached hydrogen (secondary N) is 8. The lowest BCUT2D eigenvalue weighted by atomic mass is 10.0. The van der Waals surface area contributed by atoms with Gasteiger partial charge in [-0.3, -0.25) is 28.8 Å². The Hall–Kier alpha value is -5.93. The summed E-state index contributed by atoms with van der Waals surface area (Å²) in [5, 5.41) is 40.8. The number of benzene rings is 3. The molecule has 2 heterocycles. The zero-order chi connectivity index (χ0) is 47.6. The van der Waals surface area contributed by atoms with Gasteiger partial charge in [0.2, 0.25) is 35.4 Å². The topological polar surface area (TPSA) is 286 Å². The van der Waals surface area contributed by atoms with Gasteiger partial charge in [0.1, 0.15) is 42.2 Å². The van der Waals surface area contributed by atoms with Crippen LogP contribution in [0.2, 0.25) is 0 Å². The number of aromatic nitrogens is 1. The molecular weight excluding hydrogens is 887 g/mol. The lowest BCUT2D eigenvalue weighted by Gasteiger charge is -2.28. The van der Waals surface area contributed by atoms with E-state index < -0.39 is 83.8 Å². The number of para-hydroxylation sites is 1. The second-order valence-electron chi connectivity index (χ2n) is 16.0. The minimum absolute atomic E-state index is 0.00269. The van der Waals surface area contributed by atoms with Gasteiger partial charge in [-0.2, -0.15) is 0 Å². The molecule has 18 nitrogen and oxygen atoms in total. The maximum absolute atomic E-state index is 14.7. The molecule has 0 bridgehead atoms. The number of nitrogens with two attached hydrogens (primary N) is 1. The fourth-order valence-corrected chi connectivity index (χ4v) is 9.60. The average molecular weight is 946 g/mol. The van der Waals surface area contributed by atoms with Gasteiger partial charge < -0.3 is 62.9 Å². The number of carbonyl (C=O) groups is 7. The van der Waals surface area contributed by atoms with Crippen molar-refractivity contribution in [3.05, 3.63) is 102 Å². The molecule has 6 amide bonds. The van der Waals surface area contributed by atoms with Crippen LogP contribution in [0.3, 0.4) is 0 Å². The van der Waals surface area contributed by atoms with Gasteiger partial charge in [-0.05, 0) is 81.1 Å². The first-order chi connectivity index (χ1) is 31.8. The number of amides is 6. The van der Waals surface area contributed by atoms with Crippen LogP contribution in [-0.4, -0.2) is 130 Å². The smallest absolute Gasteiger partial charge is 0.245 e. The van der Waals surface area contributed by atoms with Gasteiger partial charge in [-0.1, -0.05) is 82.3 Å². The number of H-pyrrole nitrogens is 1. The zero-order valence-electron chi connectivity index (χ0n) is 36.8. The van der Waals surface area contributed by atoms with Gasteiger partial charge in [-0.25, -0.2) is 0 Å². The number of aliphatic hydroxyl groups excluding tert-OH is 1. The van der Waals surface area contributed by atoms with Gasteiger partial charge in [-0.15, -0.1) is 0 Å². The first-order valence-electron chi connectivity index (χ1n) is 21.7. The molecule has 0 saturated carbocycles. The van der Waals surface area contributed by atoms with E-state index in [1.165, 1.54) is 19.1 Å². The van der Waals surface area contributed by atoms with Gasteiger partial charge >= 0.3 is 0 Å². The van der Waals surface area contributed by atoms with Crippen molar-refractivity contribution in [2.75, 3.05) is 25.1 Å². The molecule has 8 atom stereocenters. The minimum atomic E-state index is -1.53. The fraction of sp³-hybridized carbons (Fsp3) is 0.413. The van der Waals surface area contributed by atoms with Gasteiger partial charge in [0.25, 0.3) is 0 Å². The van der Waals surface area contributed by atoms with E-state index in [0.29, 0.717) is 43.2 Å². The monoisotopic (exact) mass is 945 g/mol. The number of aldehydes is 1. The normalized spacial score (nSPS) is 22.7. The van der Waals surface area contributed by atoms with Crippen LogP contribution in [0.4, 0.5) is 0 Å². The Morgan fingerprint density at radius 1 is 0.773 bits per heavy atom. The molecular formula is C46H59N9O9S2. The molecule has 1 saturated heterocycles. The summed E-state index contributed by atoms with van der Waals surface area (Å²) in [5.41, 5.74) is 8.61. The lowest BCUT2D eigenvalue weighted by molar-refractivity contribution is -0.136.